The number of hydrogen-bond donors (Lipinski definition) is 1. The standard InChI is InChI=1S/C15H18N2O2S/c1-18-11-3-4-15(19-2)13(9-11)14(16)10-20-12-5-7-17-8-6-12/h3-9,14H,10,16H2,1-2H3. The van der Waals surface area contributed by atoms with Crippen LogP contribution in [-0.4, -0.2) is 25.0 Å². The summed E-state index contributed by atoms with van der Waals surface area (Å²) in [6.07, 6.45) is 3.56. The second-order valence-electron chi connectivity index (χ2n) is 4.21. The van der Waals surface area contributed by atoms with Crippen molar-refractivity contribution in [2.24, 2.45) is 5.73 Å². The highest BCUT2D eigenvalue weighted by Gasteiger charge is 2.13. The Hall–Kier alpha value is -1.72. The van der Waals surface area contributed by atoms with E-state index in [0.717, 1.165) is 27.7 Å². The normalized spacial score (nSPS) is 11.9. The van der Waals surface area contributed by atoms with Crippen molar-refractivity contribution < 1.29 is 9.47 Å². The first-order chi connectivity index (χ1) is 9.74. The van der Waals surface area contributed by atoms with Gasteiger partial charge in [0, 0.05) is 34.6 Å². The van der Waals surface area contributed by atoms with Crippen molar-refractivity contribution in [1.82, 2.24) is 4.98 Å². The minimum Gasteiger partial charge on any atom is -0.497 e. The van der Waals surface area contributed by atoms with Gasteiger partial charge in [-0.15, -0.1) is 11.8 Å². The molecule has 0 aliphatic carbocycles. The van der Waals surface area contributed by atoms with Gasteiger partial charge in [-0.25, -0.2) is 0 Å². The molecular formula is C15H18N2O2S. The number of aromatic nitrogens is 1. The maximum Gasteiger partial charge on any atom is 0.123 e. The summed E-state index contributed by atoms with van der Waals surface area (Å²) >= 11 is 1.69. The van der Waals surface area contributed by atoms with Crippen molar-refractivity contribution in [3.63, 3.8) is 0 Å². The molecule has 0 aliphatic heterocycles. The van der Waals surface area contributed by atoms with Crippen LogP contribution in [0.2, 0.25) is 0 Å². The van der Waals surface area contributed by atoms with Crippen LogP contribution in [0.3, 0.4) is 0 Å². The van der Waals surface area contributed by atoms with E-state index in [2.05, 4.69) is 4.98 Å². The largest absolute Gasteiger partial charge is 0.497 e. The molecule has 0 saturated heterocycles. The molecule has 20 heavy (non-hydrogen) atoms. The van der Waals surface area contributed by atoms with E-state index in [-0.39, 0.29) is 6.04 Å². The van der Waals surface area contributed by atoms with Crippen molar-refractivity contribution in [3.8, 4) is 11.5 Å². The molecule has 4 nitrogen and oxygen atoms in total. The summed E-state index contributed by atoms with van der Waals surface area (Å²) in [4.78, 5) is 5.15. The Morgan fingerprint density at radius 1 is 1.15 bits per heavy atom. The maximum absolute atomic E-state index is 6.27. The predicted octanol–water partition coefficient (Wildman–Crippen LogP) is 2.89. The van der Waals surface area contributed by atoms with Gasteiger partial charge >= 0.3 is 0 Å². The summed E-state index contributed by atoms with van der Waals surface area (Å²) in [5, 5.41) is 0. The lowest BCUT2D eigenvalue weighted by molar-refractivity contribution is 0.396. The Bertz CT molecular complexity index is 549. The Morgan fingerprint density at radius 2 is 1.90 bits per heavy atom. The average molecular weight is 290 g/mol. The van der Waals surface area contributed by atoms with Gasteiger partial charge in [0.05, 0.1) is 14.2 Å². The second-order valence-corrected chi connectivity index (χ2v) is 5.30. The quantitative estimate of drug-likeness (QED) is 0.829. The fraction of sp³-hybridized carbons (Fsp3) is 0.267. The van der Waals surface area contributed by atoms with Crippen molar-refractivity contribution in [2.75, 3.05) is 20.0 Å². The summed E-state index contributed by atoms with van der Waals surface area (Å²) < 4.78 is 10.6. The predicted molar refractivity (Wildman–Crippen MR) is 81.4 cm³/mol. The molecule has 106 valence electrons. The van der Waals surface area contributed by atoms with Gasteiger partial charge in [-0.2, -0.15) is 0 Å². The number of rotatable bonds is 6. The molecule has 0 amide bonds. The lowest BCUT2D eigenvalue weighted by Gasteiger charge is -2.16. The first-order valence-corrected chi connectivity index (χ1v) is 7.23. The molecule has 2 aromatic rings. The highest BCUT2D eigenvalue weighted by atomic mass is 32.2. The molecule has 1 aromatic heterocycles. The van der Waals surface area contributed by atoms with Crippen LogP contribution in [0.15, 0.2) is 47.6 Å². The van der Waals surface area contributed by atoms with Crippen molar-refractivity contribution >= 4 is 11.8 Å². The Balaban J connectivity index is 2.09. The molecule has 0 saturated carbocycles. The molecule has 2 rings (SSSR count). The number of thioether (sulfide) groups is 1. The van der Waals surface area contributed by atoms with Crippen molar-refractivity contribution in [1.29, 1.82) is 0 Å². The van der Waals surface area contributed by atoms with Crippen LogP contribution in [0.1, 0.15) is 11.6 Å². The van der Waals surface area contributed by atoms with Gasteiger partial charge in [-0.1, -0.05) is 0 Å². The van der Waals surface area contributed by atoms with E-state index in [1.54, 1.807) is 38.4 Å². The van der Waals surface area contributed by atoms with Crippen LogP contribution >= 0.6 is 11.8 Å². The van der Waals surface area contributed by atoms with Crippen molar-refractivity contribution in [3.05, 3.63) is 48.3 Å². The molecule has 0 fully saturated rings. The van der Waals surface area contributed by atoms with Crippen molar-refractivity contribution in [2.45, 2.75) is 10.9 Å². The smallest absolute Gasteiger partial charge is 0.123 e. The molecule has 1 atom stereocenters. The molecule has 2 N–H and O–H groups in total. The molecular weight excluding hydrogens is 272 g/mol. The second kappa shape index (κ2) is 7.17. The minimum absolute atomic E-state index is 0.127. The molecule has 1 heterocycles. The van der Waals surface area contributed by atoms with E-state index in [9.17, 15) is 0 Å². The van der Waals surface area contributed by atoms with Crippen LogP contribution in [0.5, 0.6) is 11.5 Å². The zero-order valence-electron chi connectivity index (χ0n) is 11.6. The molecule has 0 bridgehead atoms. The first-order valence-electron chi connectivity index (χ1n) is 6.25. The molecule has 1 aromatic carbocycles. The van der Waals surface area contributed by atoms with Gasteiger partial charge in [-0.3, -0.25) is 4.98 Å². The molecule has 0 aliphatic rings. The van der Waals surface area contributed by atoms with Gasteiger partial charge in [0.25, 0.3) is 0 Å². The summed E-state index contributed by atoms with van der Waals surface area (Å²) in [5.74, 6) is 2.33. The monoisotopic (exact) mass is 290 g/mol. The van der Waals surface area contributed by atoms with Gasteiger partial charge < -0.3 is 15.2 Å². The SMILES string of the molecule is COc1ccc(OC)c(C(N)CSc2ccncc2)c1. The Kier molecular flexibility index (Phi) is 5.26. The van der Waals surface area contributed by atoms with E-state index in [4.69, 9.17) is 15.2 Å². The summed E-state index contributed by atoms with van der Waals surface area (Å²) in [7, 11) is 3.29. The maximum atomic E-state index is 6.27. The van der Waals surface area contributed by atoms with Crippen LogP contribution in [-0.2, 0) is 0 Å². The fourth-order valence-corrected chi connectivity index (χ4v) is 2.71. The zero-order chi connectivity index (χ0) is 14.4. The molecule has 0 spiro atoms. The van der Waals surface area contributed by atoms with E-state index < -0.39 is 0 Å². The summed E-state index contributed by atoms with van der Waals surface area (Å²) in [6.45, 7) is 0. The lowest BCUT2D eigenvalue weighted by Crippen LogP contribution is -2.14. The molecule has 5 heteroatoms. The zero-order valence-corrected chi connectivity index (χ0v) is 12.4. The number of nitrogens with two attached hydrogens (primary N) is 1. The first kappa shape index (κ1) is 14.7. The van der Waals surface area contributed by atoms with E-state index in [1.165, 1.54) is 0 Å². The number of ether oxygens (including phenoxy) is 2. The third-order valence-electron chi connectivity index (χ3n) is 2.92. The van der Waals surface area contributed by atoms with Gasteiger partial charge in [0.15, 0.2) is 0 Å². The Morgan fingerprint density at radius 3 is 2.55 bits per heavy atom. The van der Waals surface area contributed by atoms with Gasteiger partial charge in [0.2, 0.25) is 0 Å². The number of methoxy groups -OCH3 is 2. The topological polar surface area (TPSA) is 57.4 Å². The Labute approximate surface area is 123 Å². The highest BCUT2D eigenvalue weighted by molar-refractivity contribution is 7.99. The summed E-state index contributed by atoms with van der Waals surface area (Å²) in [5.41, 5.74) is 7.22. The van der Waals surface area contributed by atoms with E-state index >= 15 is 0 Å². The summed E-state index contributed by atoms with van der Waals surface area (Å²) in [6, 6.07) is 9.49. The van der Waals surface area contributed by atoms with Gasteiger partial charge in [0.1, 0.15) is 11.5 Å². The lowest BCUT2D eigenvalue weighted by atomic mass is 10.1. The number of pyridine rings is 1. The van der Waals surface area contributed by atoms with Gasteiger partial charge in [-0.05, 0) is 30.3 Å². The highest BCUT2D eigenvalue weighted by Crippen LogP contribution is 2.31. The van der Waals surface area contributed by atoms with Crippen LogP contribution < -0.4 is 15.2 Å². The van der Waals surface area contributed by atoms with E-state index in [0.29, 0.717) is 0 Å². The third kappa shape index (κ3) is 3.65. The van der Waals surface area contributed by atoms with E-state index in [1.807, 2.05) is 30.3 Å². The minimum atomic E-state index is -0.127. The number of hydrogen-bond acceptors (Lipinski definition) is 5. The average Bonchev–Trinajstić information content (AvgIpc) is 2.52. The van der Waals surface area contributed by atoms with Crippen LogP contribution in [0.4, 0.5) is 0 Å². The van der Waals surface area contributed by atoms with Crippen LogP contribution in [0.25, 0.3) is 0 Å². The number of benzene rings is 1. The van der Waals surface area contributed by atoms with Crippen LogP contribution in [0, 0.1) is 0 Å². The molecule has 1 unspecified atom stereocenters. The molecule has 0 radical (unpaired) electrons. The third-order valence-corrected chi connectivity index (χ3v) is 4.05. The number of nitrogens with zero attached hydrogens (tertiary/aromatic N) is 1. The fourth-order valence-electron chi connectivity index (χ4n) is 1.84.